The minimum atomic E-state index is -1.03. The van der Waals surface area contributed by atoms with Gasteiger partial charge in [-0.1, -0.05) is 91.0 Å². The third kappa shape index (κ3) is 2.67. The number of rotatable bonds is 3. The van der Waals surface area contributed by atoms with Gasteiger partial charge < -0.3 is 9.47 Å². The predicted molar refractivity (Wildman–Crippen MR) is 107 cm³/mol. The monoisotopic (exact) mass is 368 g/mol. The molecule has 0 N–H and O–H groups in total. The third-order valence-electron chi connectivity index (χ3n) is 5.70. The van der Waals surface area contributed by atoms with E-state index in [-0.39, 0.29) is 11.4 Å². The maximum atomic E-state index is 12.6. The van der Waals surface area contributed by atoms with Crippen LogP contribution >= 0.6 is 0 Å². The molecule has 3 aromatic rings. The molecule has 0 saturated carbocycles. The standard InChI is InChI=1S/C25H20O3/c26-23-22(19-10-4-1-5-11-19)16-25(28-23)17-24(18-27-25,20-12-6-2-7-13-20)21-14-8-3-9-15-21/h1-16H,17-18H2. The number of ether oxygens (including phenoxy) is 2. The average Bonchev–Trinajstić information content (AvgIpc) is 3.30. The highest BCUT2D eigenvalue weighted by Gasteiger charge is 2.55. The van der Waals surface area contributed by atoms with Gasteiger partial charge in [0.25, 0.3) is 0 Å². The van der Waals surface area contributed by atoms with Crippen LogP contribution < -0.4 is 0 Å². The summed E-state index contributed by atoms with van der Waals surface area (Å²) in [6, 6.07) is 30.3. The summed E-state index contributed by atoms with van der Waals surface area (Å²) in [5, 5.41) is 0. The molecule has 0 radical (unpaired) electrons. The van der Waals surface area contributed by atoms with Crippen LogP contribution in [0.4, 0.5) is 0 Å². The van der Waals surface area contributed by atoms with E-state index in [2.05, 4.69) is 24.3 Å². The van der Waals surface area contributed by atoms with Crippen LogP contribution in [0.5, 0.6) is 0 Å². The summed E-state index contributed by atoms with van der Waals surface area (Å²) in [5.41, 5.74) is 3.37. The molecule has 2 aliphatic heterocycles. The fourth-order valence-electron chi connectivity index (χ4n) is 4.32. The fraction of sp³-hybridized carbons (Fsp3) is 0.160. The van der Waals surface area contributed by atoms with Crippen LogP contribution in [0.1, 0.15) is 23.1 Å². The first-order valence-electron chi connectivity index (χ1n) is 9.48. The number of carbonyl (C=O) groups excluding carboxylic acids is 1. The highest BCUT2D eigenvalue weighted by molar-refractivity contribution is 6.18. The molecule has 1 saturated heterocycles. The van der Waals surface area contributed by atoms with E-state index in [9.17, 15) is 4.79 Å². The molecule has 3 nitrogen and oxygen atoms in total. The molecule has 0 amide bonds. The van der Waals surface area contributed by atoms with Gasteiger partial charge in [0.1, 0.15) is 0 Å². The topological polar surface area (TPSA) is 35.5 Å². The number of hydrogen-bond donors (Lipinski definition) is 0. The normalized spacial score (nSPS) is 22.9. The number of esters is 1. The van der Waals surface area contributed by atoms with E-state index in [0.717, 1.165) is 16.7 Å². The molecule has 0 aromatic heterocycles. The summed E-state index contributed by atoms with van der Waals surface area (Å²) in [5.74, 6) is -1.36. The van der Waals surface area contributed by atoms with Crippen LogP contribution in [-0.2, 0) is 19.7 Å². The second-order valence-corrected chi connectivity index (χ2v) is 7.41. The SMILES string of the molecule is O=C1OC2(C=C1c1ccccc1)CC(c1ccccc1)(c1ccccc1)CO2. The van der Waals surface area contributed by atoms with Crippen molar-refractivity contribution in [2.75, 3.05) is 6.61 Å². The van der Waals surface area contributed by atoms with E-state index >= 15 is 0 Å². The molecule has 5 rings (SSSR count). The lowest BCUT2D eigenvalue weighted by molar-refractivity contribution is -0.181. The van der Waals surface area contributed by atoms with Gasteiger partial charge in [0.15, 0.2) is 0 Å². The van der Waals surface area contributed by atoms with Crippen LogP contribution in [0.2, 0.25) is 0 Å². The van der Waals surface area contributed by atoms with E-state index in [1.807, 2.05) is 72.8 Å². The summed E-state index contributed by atoms with van der Waals surface area (Å²) in [7, 11) is 0. The Hall–Kier alpha value is -3.17. The van der Waals surface area contributed by atoms with E-state index in [4.69, 9.17) is 9.47 Å². The molecule has 28 heavy (non-hydrogen) atoms. The number of benzene rings is 3. The van der Waals surface area contributed by atoms with Gasteiger partial charge in [0, 0.05) is 12.5 Å². The lowest BCUT2D eigenvalue weighted by Gasteiger charge is -2.29. The van der Waals surface area contributed by atoms with Crippen LogP contribution in [0.15, 0.2) is 97.1 Å². The molecule has 138 valence electrons. The summed E-state index contributed by atoms with van der Waals surface area (Å²) < 4.78 is 12.1. The van der Waals surface area contributed by atoms with Gasteiger partial charge in [-0.2, -0.15) is 0 Å². The maximum Gasteiger partial charge on any atom is 0.341 e. The van der Waals surface area contributed by atoms with Crippen LogP contribution in [0, 0.1) is 0 Å². The molecule has 1 fully saturated rings. The highest BCUT2D eigenvalue weighted by Crippen LogP contribution is 2.50. The molecule has 1 spiro atoms. The Morgan fingerprint density at radius 2 is 1.25 bits per heavy atom. The summed E-state index contributed by atoms with van der Waals surface area (Å²) in [6.45, 7) is 0.451. The zero-order valence-corrected chi connectivity index (χ0v) is 15.4. The zero-order valence-electron chi connectivity index (χ0n) is 15.4. The van der Waals surface area contributed by atoms with Crippen molar-refractivity contribution in [3.63, 3.8) is 0 Å². The highest BCUT2D eigenvalue weighted by atomic mass is 16.7. The summed E-state index contributed by atoms with van der Waals surface area (Å²) in [6.07, 6.45) is 2.41. The predicted octanol–water partition coefficient (Wildman–Crippen LogP) is 4.73. The summed E-state index contributed by atoms with van der Waals surface area (Å²) in [4.78, 5) is 12.6. The van der Waals surface area contributed by atoms with Gasteiger partial charge in [-0.05, 0) is 16.7 Å². The molecule has 0 bridgehead atoms. The third-order valence-corrected chi connectivity index (χ3v) is 5.70. The van der Waals surface area contributed by atoms with Crippen molar-refractivity contribution >= 4 is 11.5 Å². The Labute approximate surface area is 164 Å². The molecule has 3 heteroatoms. The van der Waals surface area contributed by atoms with E-state index in [1.165, 1.54) is 0 Å². The molecule has 1 atom stereocenters. The lowest BCUT2D eigenvalue weighted by atomic mass is 9.72. The van der Waals surface area contributed by atoms with Gasteiger partial charge in [0.05, 0.1) is 17.6 Å². The molecule has 1 unspecified atom stereocenters. The number of hydrogen-bond acceptors (Lipinski definition) is 3. The van der Waals surface area contributed by atoms with Gasteiger partial charge in [-0.25, -0.2) is 4.79 Å². The lowest BCUT2D eigenvalue weighted by Crippen LogP contribution is -2.32. The van der Waals surface area contributed by atoms with Crippen molar-refractivity contribution in [2.45, 2.75) is 17.6 Å². The molecule has 3 aromatic carbocycles. The Morgan fingerprint density at radius 3 is 1.82 bits per heavy atom. The van der Waals surface area contributed by atoms with Crippen LogP contribution in [0.3, 0.4) is 0 Å². The average molecular weight is 368 g/mol. The van der Waals surface area contributed by atoms with E-state index in [0.29, 0.717) is 18.6 Å². The quantitative estimate of drug-likeness (QED) is 0.627. The first-order chi connectivity index (χ1) is 13.7. The maximum absolute atomic E-state index is 12.6. The second-order valence-electron chi connectivity index (χ2n) is 7.41. The largest absolute Gasteiger partial charge is 0.426 e. The van der Waals surface area contributed by atoms with E-state index < -0.39 is 5.79 Å². The Balaban J connectivity index is 1.59. The van der Waals surface area contributed by atoms with E-state index in [1.54, 1.807) is 0 Å². The van der Waals surface area contributed by atoms with Crippen molar-refractivity contribution in [1.29, 1.82) is 0 Å². The molecular formula is C25H20O3. The Bertz CT molecular complexity index is 986. The van der Waals surface area contributed by atoms with Crippen molar-refractivity contribution in [3.05, 3.63) is 114 Å². The molecule has 2 heterocycles. The van der Waals surface area contributed by atoms with Crippen LogP contribution in [0.25, 0.3) is 5.57 Å². The minimum Gasteiger partial charge on any atom is -0.426 e. The summed E-state index contributed by atoms with van der Waals surface area (Å²) >= 11 is 0. The van der Waals surface area contributed by atoms with Crippen molar-refractivity contribution in [1.82, 2.24) is 0 Å². The fourth-order valence-corrected chi connectivity index (χ4v) is 4.32. The zero-order chi connectivity index (χ0) is 19.0. The van der Waals surface area contributed by atoms with Crippen molar-refractivity contribution in [2.24, 2.45) is 0 Å². The first-order valence-corrected chi connectivity index (χ1v) is 9.48. The van der Waals surface area contributed by atoms with Gasteiger partial charge in [0.2, 0.25) is 5.79 Å². The van der Waals surface area contributed by atoms with Crippen molar-refractivity contribution < 1.29 is 14.3 Å². The van der Waals surface area contributed by atoms with Gasteiger partial charge in [-0.15, -0.1) is 0 Å². The molecule has 2 aliphatic rings. The minimum absolute atomic E-state index is 0.330. The molecule has 0 aliphatic carbocycles. The van der Waals surface area contributed by atoms with Gasteiger partial charge >= 0.3 is 5.97 Å². The smallest absolute Gasteiger partial charge is 0.341 e. The van der Waals surface area contributed by atoms with Gasteiger partial charge in [-0.3, -0.25) is 0 Å². The Morgan fingerprint density at radius 1 is 0.714 bits per heavy atom. The molecular weight excluding hydrogens is 348 g/mol. The van der Waals surface area contributed by atoms with Crippen LogP contribution in [-0.4, -0.2) is 18.4 Å². The first kappa shape index (κ1) is 17.0. The number of carbonyl (C=O) groups is 1. The van der Waals surface area contributed by atoms with Crippen molar-refractivity contribution in [3.8, 4) is 0 Å². The Kier molecular flexibility index (Phi) is 3.92. The second kappa shape index (κ2) is 6.47.